The predicted molar refractivity (Wildman–Crippen MR) is 90.1 cm³/mol. The summed E-state index contributed by atoms with van der Waals surface area (Å²) >= 11 is 0. The van der Waals surface area contributed by atoms with Crippen LogP contribution >= 0.6 is 0 Å². The molecular formula is C20H25F2NO2. The summed E-state index contributed by atoms with van der Waals surface area (Å²) in [5.74, 6) is -2.10. The number of carbonyl (C=O) groups is 1. The van der Waals surface area contributed by atoms with Gasteiger partial charge in [0.25, 0.3) is 0 Å². The zero-order chi connectivity index (χ0) is 17.4. The highest BCUT2D eigenvalue weighted by Crippen LogP contribution is 2.49. The van der Waals surface area contributed by atoms with Crippen molar-refractivity contribution in [2.45, 2.75) is 68.9 Å². The normalized spacial score (nSPS) is 30.9. The molecule has 136 valence electrons. The maximum atomic E-state index is 13.9. The Morgan fingerprint density at radius 3 is 2.80 bits per heavy atom. The molecule has 3 nitrogen and oxygen atoms in total. The van der Waals surface area contributed by atoms with Crippen molar-refractivity contribution in [3.05, 3.63) is 35.4 Å². The molecule has 1 spiro atoms. The third-order valence-electron chi connectivity index (χ3n) is 6.11. The first-order valence-corrected chi connectivity index (χ1v) is 9.46. The second-order valence-electron chi connectivity index (χ2n) is 7.88. The Bertz CT molecular complexity index is 652. The summed E-state index contributed by atoms with van der Waals surface area (Å²) in [6.45, 7) is 0.692. The quantitative estimate of drug-likeness (QED) is 0.893. The molecule has 0 bridgehead atoms. The number of hydrogen-bond donors (Lipinski definition) is 1. The maximum Gasteiger partial charge on any atom is 0.223 e. The molecule has 1 aromatic carbocycles. The van der Waals surface area contributed by atoms with E-state index in [1.54, 1.807) is 6.07 Å². The van der Waals surface area contributed by atoms with Gasteiger partial charge in [-0.1, -0.05) is 31.4 Å². The predicted octanol–water partition coefficient (Wildman–Crippen LogP) is 4.07. The van der Waals surface area contributed by atoms with Gasteiger partial charge < -0.3 is 10.1 Å². The second-order valence-corrected chi connectivity index (χ2v) is 7.88. The van der Waals surface area contributed by atoms with Gasteiger partial charge in [0, 0.05) is 18.6 Å². The molecule has 0 radical (unpaired) electrons. The van der Waals surface area contributed by atoms with Gasteiger partial charge in [0.2, 0.25) is 5.91 Å². The van der Waals surface area contributed by atoms with E-state index in [2.05, 4.69) is 5.32 Å². The molecule has 3 fully saturated rings. The standard InChI is InChI=1S/C20H25F2NO2/c21-17-6-4-5-14(18(17)22)15-11-16(15)19(24)23-13-7-10-25-20(12-13)8-2-1-3-9-20/h4-6,13,15-16H,1-3,7-12H2,(H,23,24)/t13-,15-,16+/m1/s1. The van der Waals surface area contributed by atoms with Crippen molar-refractivity contribution in [1.29, 1.82) is 0 Å². The number of nitrogens with one attached hydrogen (secondary N) is 1. The van der Waals surface area contributed by atoms with Crippen LogP contribution in [0.2, 0.25) is 0 Å². The average Bonchev–Trinajstić information content (AvgIpc) is 3.39. The van der Waals surface area contributed by atoms with Crippen LogP contribution in [0, 0.1) is 17.6 Å². The molecule has 25 heavy (non-hydrogen) atoms. The fraction of sp³-hybridized carbons (Fsp3) is 0.650. The van der Waals surface area contributed by atoms with Crippen LogP contribution in [-0.4, -0.2) is 24.2 Å². The zero-order valence-corrected chi connectivity index (χ0v) is 14.4. The molecule has 1 N–H and O–H groups in total. The van der Waals surface area contributed by atoms with Crippen molar-refractivity contribution in [3.63, 3.8) is 0 Å². The summed E-state index contributed by atoms with van der Waals surface area (Å²) in [7, 11) is 0. The molecular weight excluding hydrogens is 324 g/mol. The Balaban J connectivity index is 1.36. The highest BCUT2D eigenvalue weighted by atomic mass is 19.2. The molecule has 5 heteroatoms. The number of amides is 1. The Labute approximate surface area is 147 Å². The number of hydrogen-bond acceptors (Lipinski definition) is 2. The van der Waals surface area contributed by atoms with E-state index in [0.717, 1.165) is 31.7 Å². The number of ether oxygens (including phenoxy) is 1. The van der Waals surface area contributed by atoms with Gasteiger partial charge in [-0.25, -0.2) is 8.78 Å². The van der Waals surface area contributed by atoms with Crippen molar-refractivity contribution in [2.24, 2.45) is 5.92 Å². The Morgan fingerprint density at radius 2 is 2.00 bits per heavy atom. The average molecular weight is 349 g/mol. The molecule has 0 unspecified atom stereocenters. The minimum atomic E-state index is -0.841. The van der Waals surface area contributed by atoms with Crippen LogP contribution in [-0.2, 0) is 9.53 Å². The van der Waals surface area contributed by atoms with E-state index >= 15 is 0 Å². The summed E-state index contributed by atoms with van der Waals surface area (Å²) in [4.78, 5) is 12.6. The zero-order valence-electron chi connectivity index (χ0n) is 14.4. The van der Waals surface area contributed by atoms with Gasteiger partial charge in [-0.15, -0.1) is 0 Å². The van der Waals surface area contributed by atoms with E-state index in [4.69, 9.17) is 4.74 Å². The Kier molecular flexibility index (Phi) is 4.52. The number of rotatable bonds is 3. The van der Waals surface area contributed by atoms with Gasteiger partial charge in [0.1, 0.15) is 0 Å². The lowest BCUT2D eigenvalue weighted by Crippen LogP contribution is -2.49. The number of carbonyl (C=O) groups excluding carboxylic acids is 1. The Morgan fingerprint density at radius 1 is 1.20 bits per heavy atom. The van der Waals surface area contributed by atoms with E-state index in [0.29, 0.717) is 18.6 Å². The first-order chi connectivity index (χ1) is 12.1. The molecule has 3 atom stereocenters. The minimum absolute atomic E-state index is 0.0217. The van der Waals surface area contributed by atoms with Gasteiger partial charge >= 0.3 is 0 Å². The van der Waals surface area contributed by atoms with Crippen molar-refractivity contribution in [2.75, 3.05) is 6.61 Å². The van der Waals surface area contributed by atoms with Gasteiger partial charge in [-0.2, -0.15) is 0 Å². The van der Waals surface area contributed by atoms with Crippen LogP contribution in [0.3, 0.4) is 0 Å². The van der Waals surface area contributed by atoms with Crippen molar-refractivity contribution in [3.8, 4) is 0 Å². The van der Waals surface area contributed by atoms with Crippen LogP contribution in [0.25, 0.3) is 0 Å². The first kappa shape index (κ1) is 17.0. The van der Waals surface area contributed by atoms with E-state index < -0.39 is 11.6 Å². The number of halogens is 2. The molecule has 1 saturated heterocycles. The first-order valence-electron chi connectivity index (χ1n) is 9.46. The van der Waals surface area contributed by atoms with Crippen molar-refractivity contribution >= 4 is 5.91 Å². The largest absolute Gasteiger partial charge is 0.375 e. The van der Waals surface area contributed by atoms with Crippen LogP contribution in [0.1, 0.15) is 62.8 Å². The second kappa shape index (κ2) is 6.67. The van der Waals surface area contributed by atoms with E-state index in [1.165, 1.54) is 25.3 Å². The molecule has 1 aromatic rings. The highest BCUT2D eigenvalue weighted by molar-refractivity contribution is 5.83. The molecule has 2 saturated carbocycles. The van der Waals surface area contributed by atoms with Gasteiger partial charge in [0.05, 0.1) is 5.60 Å². The summed E-state index contributed by atoms with van der Waals surface area (Å²) in [6, 6.07) is 4.34. The molecule has 4 rings (SSSR count). The lowest BCUT2D eigenvalue weighted by molar-refractivity contribution is -0.129. The summed E-state index contributed by atoms with van der Waals surface area (Å²) in [5.41, 5.74) is 0.280. The van der Waals surface area contributed by atoms with E-state index in [-0.39, 0.29) is 29.4 Å². The monoisotopic (exact) mass is 349 g/mol. The van der Waals surface area contributed by atoms with Crippen LogP contribution < -0.4 is 5.32 Å². The van der Waals surface area contributed by atoms with Gasteiger partial charge in [-0.05, 0) is 49.7 Å². The molecule has 1 amide bonds. The summed E-state index contributed by atoms with van der Waals surface area (Å²) in [6.07, 6.45) is 8.14. The lowest BCUT2D eigenvalue weighted by Gasteiger charge is -2.43. The number of benzene rings is 1. The molecule has 1 heterocycles. The molecule has 1 aliphatic heterocycles. The van der Waals surface area contributed by atoms with E-state index in [1.807, 2.05) is 0 Å². The maximum absolute atomic E-state index is 13.9. The van der Waals surface area contributed by atoms with Gasteiger partial charge in [-0.3, -0.25) is 4.79 Å². The van der Waals surface area contributed by atoms with Crippen LogP contribution in [0.4, 0.5) is 8.78 Å². The lowest BCUT2D eigenvalue weighted by atomic mass is 9.78. The third kappa shape index (κ3) is 3.43. The Hall–Kier alpha value is -1.49. The van der Waals surface area contributed by atoms with Crippen LogP contribution in [0.5, 0.6) is 0 Å². The summed E-state index contributed by atoms with van der Waals surface area (Å²) < 4.78 is 33.4. The van der Waals surface area contributed by atoms with Crippen molar-refractivity contribution < 1.29 is 18.3 Å². The molecule has 3 aliphatic rings. The van der Waals surface area contributed by atoms with E-state index in [9.17, 15) is 13.6 Å². The topological polar surface area (TPSA) is 38.3 Å². The van der Waals surface area contributed by atoms with Crippen LogP contribution in [0.15, 0.2) is 18.2 Å². The van der Waals surface area contributed by atoms with Gasteiger partial charge in [0.15, 0.2) is 11.6 Å². The smallest absolute Gasteiger partial charge is 0.223 e. The fourth-order valence-electron chi connectivity index (χ4n) is 4.64. The highest BCUT2D eigenvalue weighted by Gasteiger charge is 2.47. The summed E-state index contributed by atoms with van der Waals surface area (Å²) in [5, 5.41) is 3.15. The fourth-order valence-corrected chi connectivity index (χ4v) is 4.64. The third-order valence-corrected chi connectivity index (χ3v) is 6.11. The van der Waals surface area contributed by atoms with Crippen molar-refractivity contribution in [1.82, 2.24) is 5.32 Å². The SMILES string of the molecule is O=C(N[C@@H]1CCOC2(CCCCC2)C1)[C@H]1C[C@@H]1c1cccc(F)c1F. The molecule has 2 aliphatic carbocycles. The minimum Gasteiger partial charge on any atom is -0.375 e. The molecule has 0 aromatic heterocycles.